The number of amides is 1. The van der Waals surface area contributed by atoms with E-state index in [1.807, 2.05) is 36.5 Å². The number of benzene rings is 2. The van der Waals surface area contributed by atoms with Crippen molar-refractivity contribution >= 4 is 23.5 Å². The molecule has 0 radical (unpaired) electrons. The van der Waals surface area contributed by atoms with Gasteiger partial charge in [0.05, 0.1) is 34.0 Å². The van der Waals surface area contributed by atoms with Gasteiger partial charge in [-0.25, -0.2) is 4.39 Å². The van der Waals surface area contributed by atoms with Crippen molar-refractivity contribution in [2.45, 2.75) is 31.7 Å². The van der Waals surface area contributed by atoms with Crippen LogP contribution in [0.2, 0.25) is 5.02 Å². The molecule has 12 nitrogen and oxygen atoms in total. The molecule has 4 atom stereocenters. The molecule has 0 bridgehead atoms. The van der Waals surface area contributed by atoms with Gasteiger partial charge < -0.3 is 15.2 Å². The lowest BCUT2D eigenvalue weighted by molar-refractivity contribution is -0.615. The summed E-state index contributed by atoms with van der Waals surface area (Å²) in [5.41, 5.74) is 2.85. The number of carbonyl (C=O) groups is 2. The summed E-state index contributed by atoms with van der Waals surface area (Å²) in [6, 6.07) is 15.5. The smallest absolute Gasteiger partial charge is 0.308 e. The first-order valence-electron chi connectivity index (χ1n) is 15.3. The lowest BCUT2D eigenvalue weighted by atomic mass is 9.97. The van der Waals surface area contributed by atoms with Gasteiger partial charge in [0.25, 0.3) is 0 Å². The molecule has 3 aromatic heterocycles. The molecule has 1 saturated heterocycles. The average Bonchev–Trinajstić information content (AvgIpc) is 3.41. The molecule has 1 N–H and O–H groups in total. The molecule has 1 amide bonds. The van der Waals surface area contributed by atoms with Crippen LogP contribution in [0.25, 0.3) is 27.9 Å². The molecule has 7 rings (SSSR count). The Labute approximate surface area is 273 Å². The lowest BCUT2D eigenvalue weighted by Gasteiger charge is -2.31. The fourth-order valence-electron chi connectivity index (χ4n) is 6.54. The van der Waals surface area contributed by atoms with Gasteiger partial charge in [-0.15, -0.1) is 5.10 Å². The van der Waals surface area contributed by atoms with E-state index in [2.05, 4.69) is 20.6 Å². The number of rotatable bonds is 9. The van der Waals surface area contributed by atoms with E-state index in [1.54, 1.807) is 34.0 Å². The molecule has 1 aliphatic carbocycles. The van der Waals surface area contributed by atoms with E-state index in [-0.39, 0.29) is 40.4 Å². The number of carbonyl (C=O) groups excluding carboxylic acids is 1. The van der Waals surface area contributed by atoms with Crippen LogP contribution in [0, 0.1) is 28.8 Å². The summed E-state index contributed by atoms with van der Waals surface area (Å²) in [4.78, 5) is 26.7. The van der Waals surface area contributed by atoms with Crippen molar-refractivity contribution in [3.8, 4) is 27.9 Å². The number of hydrogen-bond donors (Lipinski definition) is 1. The maximum absolute atomic E-state index is 15.5. The number of aromatic nitrogens is 7. The molecule has 47 heavy (non-hydrogen) atoms. The van der Waals surface area contributed by atoms with Crippen LogP contribution in [0.4, 0.5) is 4.39 Å². The second-order valence-electron chi connectivity index (χ2n) is 12.1. The minimum absolute atomic E-state index is 0.0291. The number of carboxylic acids is 1. The fraction of sp³-hybridized carbons (Fsp3) is 0.303. The molecular weight excluding hydrogens is 627 g/mol. The van der Waals surface area contributed by atoms with Gasteiger partial charge in [0.15, 0.2) is 12.0 Å². The summed E-state index contributed by atoms with van der Waals surface area (Å²) in [6.45, 7) is 0.763. The summed E-state index contributed by atoms with van der Waals surface area (Å²) in [5, 5.41) is 39.0. The largest absolute Gasteiger partial charge is 0.618 e. The topological polar surface area (TPSA) is 146 Å². The first kappa shape index (κ1) is 30.5. The quantitative estimate of drug-likeness (QED) is 0.180. The number of piperidine rings is 1. The van der Waals surface area contributed by atoms with Gasteiger partial charge in [0.1, 0.15) is 12.4 Å². The minimum atomic E-state index is -0.881. The number of halogens is 2. The maximum Gasteiger partial charge on any atom is 0.308 e. The highest BCUT2D eigenvalue weighted by Crippen LogP contribution is 2.47. The van der Waals surface area contributed by atoms with Gasteiger partial charge in [-0.3, -0.25) is 14.3 Å². The predicted octanol–water partition coefficient (Wildman–Crippen LogP) is 4.56. The molecule has 2 aromatic carbocycles. The number of carboxylic acid groups (broad SMARTS) is 1. The summed E-state index contributed by atoms with van der Waals surface area (Å²) in [6.07, 6.45) is 8.53. The monoisotopic (exact) mass is 656 g/mol. The molecule has 0 spiro atoms. The summed E-state index contributed by atoms with van der Waals surface area (Å²) in [7, 11) is 0. The molecular formula is C33H30ClFN8O4. The van der Waals surface area contributed by atoms with E-state index in [1.165, 1.54) is 23.3 Å². The van der Waals surface area contributed by atoms with Crippen molar-refractivity contribution in [1.82, 2.24) is 34.9 Å². The second kappa shape index (κ2) is 12.6. The Hall–Kier alpha value is -5.17. The second-order valence-corrected chi connectivity index (χ2v) is 12.5. The number of pyridine rings is 1. The van der Waals surface area contributed by atoms with Crippen molar-refractivity contribution in [2.24, 2.45) is 17.8 Å². The van der Waals surface area contributed by atoms with E-state index < -0.39 is 23.7 Å². The Kier molecular flexibility index (Phi) is 8.14. The Morgan fingerprint density at radius 3 is 2.68 bits per heavy atom. The number of aliphatic carboxylic acids is 1. The Morgan fingerprint density at radius 2 is 1.94 bits per heavy atom. The molecule has 240 valence electrons. The number of hydrogen-bond acceptors (Lipinski definition) is 7. The lowest BCUT2D eigenvalue weighted by Crippen LogP contribution is -2.43. The molecule has 4 heterocycles. The molecule has 2 unspecified atom stereocenters. The normalized spacial score (nSPS) is 19.8. The van der Waals surface area contributed by atoms with E-state index in [9.17, 15) is 19.9 Å². The Bertz CT molecular complexity index is 1940. The highest BCUT2D eigenvalue weighted by atomic mass is 35.5. The van der Waals surface area contributed by atoms with Crippen LogP contribution in [0.3, 0.4) is 0 Å². The van der Waals surface area contributed by atoms with Crippen LogP contribution in [0.15, 0.2) is 79.5 Å². The van der Waals surface area contributed by atoms with E-state index in [4.69, 9.17) is 11.6 Å². The SMILES string of the molecule is O=C(O)C1CCCN(C(=O)[C@@H]2C[C@@H]2CC(c2ccc(-c3c(-n4cnnn4)ccc(Cl)c3F)c[n+]2[O-])n2cc(-c3ccccc3)cn2)C1. The van der Waals surface area contributed by atoms with Gasteiger partial charge in [-0.2, -0.15) is 14.5 Å². The van der Waals surface area contributed by atoms with Crippen molar-refractivity contribution in [2.75, 3.05) is 13.1 Å². The minimum Gasteiger partial charge on any atom is -0.618 e. The third-order valence-electron chi connectivity index (χ3n) is 9.12. The van der Waals surface area contributed by atoms with Gasteiger partial charge >= 0.3 is 5.97 Å². The van der Waals surface area contributed by atoms with Crippen molar-refractivity contribution in [3.05, 3.63) is 101 Å². The van der Waals surface area contributed by atoms with Crippen LogP contribution in [0.1, 0.15) is 37.4 Å². The van der Waals surface area contributed by atoms with Gasteiger partial charge in [-0.1, -0.05) is 41.9 Å². The van der Waals surface area contributed by atoms with E-state index >= 15 is 4.39 Å². The number of nitrogens with zero attached hydrogens (tertiary/aromatic N) is 8. The van der Waals surface area contributed by atoms with Gasteiger partial charge in [0.2, 0.25) is 11.6 Å². The molecule has 2 aliphatic rings. The molecule has 1 saturated carbocycles. The first-order chi connectivity index (χ1) is 22.8. The zero-order valence-electron chi connectivity index (χ0n) is 25.1. The van der Waals surface area contributed by atoms with E-state index in [0.717, 1.165) is 11.1 Å². The van der Waals surface area contributed by atoms with Crippen LogP contribution in [-0.4, -0.2) is 65.0 Å². The Morgan fingerprint density at radius 1 is 1.11 bits per heavy atom. The molecule has 5 aromatic rings. The van der Waals surface area contributed by atoms with Crippen molar-refractivity contribution in [1.29, 1.82) is 0 Å². The maximum atomic E-state index is 15.5. The molecule has 14 heteroatoms. The van der Waals surface area contributed by atoms with Gasteiger partial charge in [0, 0.05) is 36.8 Å². The summed E-state index contributed by atoms with van der Waals surface area (Å²) >= 11 is 6.14. The summed E-state index contributed by atoms with van der Waals surface area (Å²) in [5.74, 6) is -2.48. The third kappa shape index (κ3) is 6.06. The number of likely N-dealkylation sites (tertiary alicyclic amines) is 1. The van der Waals surface area contributed by atoms with Gasteiger partial charge in [-0.05, 0) is 65.8 Å². The standard InChI is InChI=1S/C33H30ClFN8O4/c34-26-9-11-28(42-19-36-38-39-42)30(31(26)35)21-8-10-27(43(47)18-21)29(41-17-24(15-37-41)20-5-2-1-3-6-20)14-23-13-25(23)32(44)40-12-4-7-22(16-40)33(45)46/h1-3,5-6,8-11,15,17-19,22-23,25,29H,4,7,12-14,16H2,(H,45,46)/t22?,23-,25-,29?/m1/s1. The fourth-order valence-corrected chi connectivity index (χ4v) is 6.70. The van der Waals surface area contributed by atoms with Crippen LogP contribution in [0.5, 0.6) is 0 Å². The van der Waals surface area contributed by atoms with Crippen LogP contribution >= 0.6 is 11.6 Å². The number of tetrazole rings is 1. The van der Waals surface area contributed by atoms with Crippen molar-refractivity contribution in [3.63, 3.8) is 0 Å². The summed E-state index contributed by atoms with van der Waals surface area (Å²) < 4.78 is 19.2. The highest BCUT2D eigenvalue weighted by Gasteiger charge is 2.48. The zero-order chi connectivity index (χ0) is 32.7. The average molecular weight is 657 g/mol. The zero-order valence-corrected chi connectivity index (χ0v) is 25.8. The molecule has 1 aliphatic heterocycles. The van der Waals surface area contributed by atoms with E-state index in [0.29, 0.717) is 48.3 Å². The predicted molar refractivity (Wildman–Crippen MR) is 167 cm³/mol. The third-order valence-corrected chi connectivity index (χ3v) is 9.41. The highest BCUT2D eigenvalue weighted by molar-refractivity contribution is 6.31. The first-order valence-corrected chi connectivity index (χ1v) is 15.7. The van der Waals surface area contributed by atoms with Crippen LogP contribution < -0.4 is 4.73 Å². The Balaban J connectivity index is 1.21. The van der Waals surface area contributed by atoms with Crippen LogP contribution in [-0.2, 0) is 9.59 Å². The molecule has 2 fully saturated rings. The van der Waals surface area contributed by atoms with Crippen molar-refractivity contribution < 1.29 is 23.8 Å².